The van der Waals surface area contributed by atoms with E-state index in [2.05, 4.69) is 16.0 Å². The lowest BCUT2D eigenvalue weighted by atomic mass is 10.1. The van der Waals surface area contributed by atoms with Gasteiger partial charge >= 0.3 is 0 Å². The van der Waals surface area contributed by atoms with Crippen LogP contribution in [-0.4, -0.2) is 18.1 Å². The van der Waals surface area contributed by atoms with Crippen LogP contribution in [-0.2, 0) is 4.79 Å². The first-order valence-corrected chi connectivity index (χ1v) is 12.3. The number of methoxy groups -OCH3 is 1. The van der Waals surface area contributed by atoms with Gasteiger partial charge in [-0.25, -0.2) is 0 Å². The van der Waals surface area contributed by atoms with Crippen molar-refractivity contribution in [3.8, 4) is 5.75 Å². The Hall–Kier alpha value is -3.81. The second-order valence-corrected chi connectivity index (χ2v) is 9.18. The second kappa shape index (κ2) is 12.1. The molecule has 5 nitrogen and oxygen atoms in total. The number of amides is 1. The lowest BCUT2D eigenvalue weighted by molar-refractivity contribution is -0.115. The first-order valence-electron chi connectivity index (χ1n) is 11.0. The lowest BCUT2D eigenvalue weighted by Crippen LogP contribution is -2.19. The molecule has 3 N–H and O–H groups in total. The minimum Gasteiger partial charge on any atom is -0.497 e. The average molecular weight is 500 g/mol. The molecule has 0 heterocycles. The summed E-state index contributed by atoms with van der Waals surface area (Å²) in [6.45, 7) is 0. The Bertz CT molecular complexity index is 1250. The number of anilines is 3. The molecular weight excluding hydrogens is 474 g/mol. The molecule has 0 fully saturated rings. The number of ether oxygens (including phenoxy) is 1. The van der Waals surface area contributed by atoms with Gasteiger partial charge in [0.15, 0.2) is 5.11 Å². The van der Waals surface area contributed by atoms with Gasteiger partial charge in [-0.1, -0.05) is 48.5 Å². The molecule has 1 unspecified atom stereocenters. The molecule has 0 bridgehead atoms. The highest BCUT2D eigenvalue weighted by molar-refractivity contribution is 8.00. The van der Waals surface area contributed by atoms with Crippen molar-refractivity contribution in [1.82, 2.24) is 0 Å². The maximum absolute atomic E-state index is 13.3. The summed E-state index contributed by atoms with van der Waals surface area (Å²) in [5, 5.41) is 9.46. The van der Waals surface area contributed by atoms with Crippen molar-refractivity contribution in [3.05, 3.63) is 115 Å². The van der Waals surface area contributed by atoms with E-state index in [9.17, 15) is 4.79 Å². The van der Waals surface area contributed by atoms with E-state index in [-0.39, 0.29) is 5.91 Å². The van der Waals surface area contributed by atoms with Crippen LogP contribution in [0.2, 0.25) is 0 Å². The van der Waals surface area contributed by atoms with Gasteiger partial charge < -0.3 is 20.7 Å². The van der Waals surface area contributed by atoms with E-state index in [0.29, 0.717) is 5.11 Å². The van der Waals surface area contributed by atoms with Gasteiger partial charge in [0, 0.05) is 22.0 Å². The maximum Gasteiger partial charge on any atom is 0.242 e. The number of nitrogens with one attached hydrogen (secondary N) is 3. The molecule has 4 aromatic carbocycles. The number of thioether (sulfide) groups is 1. The van der Waals surface area contributed by atoms with Crippen molar-refractivity contribution in [2.24, 2.45) is 0 Å². The van der Waals surface area contributed by atoms with Gasteiger partial charge in [0.05, 0.1) is 7.11 Å². The first kappa shape index (κ1) is 24.3. The molecule has 0 aliphatic rings. The van der Waals surface area contributed by atoms with E-state index in [4.69, 9.17) is 17.0 Å². The predicted molar refractivity (Wildman–Crippen MR) is 149 cm³/mol. The van der Waals surface area contributed by atoms with Gasteiger partial charge in [-0.3, -0.25) is 4.79 Å². The van der Waals surface area contributed by atoms with Gasteiger partial charge in [0.2, 0.25) is 5.91 Å². The van der Waals surface area contributed by atoms with Crippen molar-refractivity contribution < 1.29 is 9.53 Å². The van der Waals surface area contributed by atoms with E-state index >= 15 is 0 Å². The number of hydrogen-bond donors (Lipinski definition) is 3. The molecule has 176 valence electrons. The molecule has 4 rings (SSSR count). The highest BCUT2D eigenvalue weighted by Crippen LogP contribution is 2.36. The van der Waals surface area contributed by atoms with Gasteiger partial charge in [-0.2, -0.15) is 0 Å². The SMILES string of the molecule is COc1ccc(NC(=O)C(Sc2ccc(NC(=S)Nc3ccccc3)cc2)c2ccccc2)cc1. The molecule has 0 radical (unpaired) electrons. The molecule has 1 amide bonds. The van der Waals surface area contributed by atoms with Crippen LogP contribution in [0.5, 0.6) is 5.75 Å². The van der Waals surface area contributed by atoms with Crippen LogP contribution in [0.1, 0.15) is 10.8 Å². The number of carbonyl (C=O) groups excluding carboxylic acids is 1. The first-order chi connectivity index (χ1) is 17.1. The Balaban J connectivity index is 1.43. The molecule has 0 aliphatic heterocycles. The molecule has 35 heavy (non-hydrogen) atoms. The summed E-state index contributed by atoms with van der Waals surface area (Å²) in [6, 6.07) is 34.7. The van der Waals surface area contributed by atoms with Gasteiger partial charge in [0.1, 0.15) is 11.0 Å². The summed E-state index contributed by atoms with van der Waals surface area (Å²) in [7, 11) is 1.61. The topological polar surface area (TPSA) is 62.4 Å². The standard InChI is InChI=1S/C28H25N3O2S2/c1-33-24-16-12-22(13-17-24)29-27(32)26(20-8-4-2-5-9-20)35-25-18-14-23(15-19-25)31-28(34)30-21-10-6-3-7-11-21/h2-19,26H,1H3,(H,29,32)(H2,30,31,34). The molecule has 0 saturated carbocycles. The monoisotopic (exact) mass is 499 g/mol. The molecule has 0 aromatic heterocycles. The number of rotatable bonds is 8. The summed E-state index contributed by atoms with van der Waals surface area (Å²) < 4.78 is 5.20. The summed E-state index contributed by atoms with van der Waals surface area (Å²) in [6.07, 6.45) is 0. The van der Waals surface area contributed by atoms with Crippen molar-refractivity contribution >= 4 is 52.1 Å². The minimum absolute atomic E-state index is 0.0955. The largest absolute Gasteiger partial charge is 0.497 e. The van der Waals surface area contributed by atoms with Crippen molar-refractivity contribution in [2.45, 2.75) is 10.1 Å². The number of carbonyl (C=O) groups is 1. The predicted octanol–water partition coefficient (Wildman–Crippen LogP) is 6.98. The average Bonchev–Trinajstić information content (AvgIpc) is 2.89. The van der Waals surface area contributed by atoms with E-state index in [1.54, 1.807) is 7.11 Å². The quantitative estimate of drug-likeness (QED) is 0.180. The highest BCUT2D eigenvalue weighted by Gasteiger charge is 2.22. The molecule has 4 aromatic rings. The zero-order valence-electron chi connectivity index (χ0n) is 19.1. The van der Waals surface area contributed by atoms with Gasteiger partial charge in [0.25, 0.3) is 0 Å². The van der Waals surface area contributed by atoms with Crippen LogP contribution < -0.4 is 20.7 Å². The summed E-state index contributed by atoms with van der Waals surface area (Å²) in [5.74, 6) is 0.644. The fraction of sp³-hybridized carbons (Fsp3) is 0.0714. The van der Waals surface area contributed by atoms with Crippen molar-refractivity contribution in [3.63, 3.8) is 0 Å². The maximum atomic E-state index is 13.3. The molecule has 0 saturated heterocycles. The smallest absolute Gasteiger partial charge is 0.242 e. The summed E-state index contributed by atoms with van der Waals surface area (Å²) >= 11 is 6.90. The van der Waals surface area contributed by atoms with Crippen molar-refractivity contribution in [2.75, 3.05) is 23.1 Å². The number of para-hydroxylation sites is 1. The number of hydrogen-bond acceptors (Lipinski definition) is 4. The molecule has 0 spiro atoms. The fourth-order valence-electron chi connectivity index (χ4n) is 3.35. The summed E-state index contributed by atoms with van der Waals surface area (Å²) in [4.78, 5) is 14.2. The molecule has 7 heteroatoms. The minimum atomic E-state index is -0.419. The van der Waals surface area contributed by atoms with E-state index < -0.39 is 5.25 Å². The van der Waals surface area contributed by atoms with Gasteiger partial charge in [-0.15, -0.1) is 11.8 Å². The Kier molecular flexibility index (Phi) is 8.38. The van der Waals surface area contributed by atoms with Crippen LogP contribution in [0.15, 0.2) is 114 Å². The van der Waals surface area contributed by atoms with Crippen LogP contribution >= 0.6 is 24.0 Å². The van der Waals surface area contributed by atoms with E-state index in [1.165, 1.54) is 11.8 Å². The van der Waals surface area contributed by atoms with Crippen LogP contribution in [0.4, 0.5) is 17.1 Å². The fourth-order valence-corrected chi connectivity index (χ4v) is 4.61. The second-order valence-electron chi connectivity index (χ2n) is 7.60. The van der Waals surface area contributed by atoms with Crippen LogP contribution in [0.3, 0.4) is 0 Å². The van der Waals surface area contributed by atoms with Crippen LogP contribution in [0, 0.1) is 0 Å². The van der Waals surface area contributed by atoms with E-state index in [1.807, 2.05) is 109 Å². The van der Waals surface area contributed by atoms with Crippen molar-refractivity contribution in [1.29, 1.82) is 0 Å². The third kappa shape index (κ3) is 7.09. The molecule has 1 atom stereocenters. The zero-order chi connectivity index (χ0) is 24.5. The molecular formula is C28H25N3O2S2. The third-order valence-electron chi connectivity index (χ3n) is 5.10. The Morgan fingerprint density at radius 2 is 1.23 bits per heavy atom. The van der Waals surface area contributed by atoms with Crippen LogP contribution in [0.25, 0.3) is 0 Å². The summed E-state index contributed by atoms with van der Waals surface area (Å²) in [5.41, 5.74) is 3.43. The van der Waals surface area contributed by atoms with E-state index in [0.717, 1.165) is 33.3 Å². The number of benzene rings is 4. The number of thiocarbonyl (C=S) groups is 1. The van der Waals surface area contributed by atoms with Gasteiger partial charge in [-0.05, 0) is 78.4 Å². The normalized spacial score (nSPS) is 11.2. The Morgan fingerprint density at radius 1 is 0.714 bits per heavy atom. The molecule has 0 aliphatic carbocycles. The lowest BCUT2D eigenvalue weighted by Gasteiger charge is -2.18. The Morgan fingerprint density at radius 3 is 1.83 bits per heavy atom. The zero-order valence-corrected chi connectivity index (χ0v) is 20.7. The third-order valence-corrected chi connectivity index (χ3v) is 6.57. The highest BCUT2D eigenvalue weighted by atomic mass is 32.2. The Labute approximate surface area is 214 Å².